The van der Waals surface area contributed by atoms with E-state index in [4.69, 9.17) is 5.11 Å². The molecule has 0 saturated heterocycles. The molecule has 0 radical (unpaired) electrons. The summed E-state index contributed by atoms with van der Waals surface area (Å²) in [5.41, 5.74) is 1.63. The first-order valence-electron chi connectivity index (χ1n) is 6.07. The summed E-state index contributed by atoms with van der Waals surface area (Å²) >= 11 is 1.22. The van der Waals surface area contributed by atoms with Crippen LogP contribution in [0.1, 0.15) is 20.1 Å². The highest BCUT2D eigenvalue weighted by atomic mass is 32.1. The van der Waals surface area contributed by atoms with Gasteiger partial charge in [-0.15, -0.1) is 11.3 Å². The van der Waals surface area contributed by atoms with Crippen molar-refractivity contribution in [1.82, 2.24) is 0 Å². The number of nitrogens with one attached hydrogen (secondary N) is 1. The lowest BCUT2D eigenvalue weighted by Crippen LogP contribution is -2.02. The maximum absolute atomic E-state index is 12.0. The van der Waals surface area contributed by atoms with Gasteiger partial charge in [0.2, 0.25) is 0 Å². The van der Waals surface area contributed by atoms with Gasteiger partial charge in [0.15, 0.2) is 0 Å². The van der Waals surface area contributed by atoms with Crippen molar-refractivity contribution in [3.05, 3.63) is 45.6 Å². The SMILES string of the molecule is Cc1sc(C(=O)O)cc1CNc1ccc(OC(F)F)cc1. The molecular weight excluding hydrogens is 300 g/mol. The molecule has 0 unspecified atom stereocenters. The Hall–Kier alpha value is -2.15. The van der Waals surface area contributed by atoms with Gasteiger partial charge in [-0.3, -0.25) is 0 Å². The molecule has 4 nitrogen and oxygen atoms in total. The third kappa shape index (κ3) is 4.16. The predicted molar refractivity (Wildman–Crippen MR) is 76.4 cm³/mol. The Bertz CT molecular complexity index is 626. The highest BCUT2D eigenvalue weighted by Gasteiger charge is 2.10. The maximum Gasteiger partial charge on any atom is 0.387 e. The Morgan fingerprint density at radius 1 is 1.38 bits per heavy atom. The van der Waals surface area contributed by atoms with Crippen LogP contribution in [0.2, 0.25) is 0 Å². The zero-order valence-corrected chi connectivity index (χ0v) is 11.9. The predicted octanol–water partition coefficient (Wildman–Crippen LogP) is 3.97. The number of carboxylic acid groups (broad SMARTS) is 1. The van der Waals surface area contributed by atoms with Crippen molar-refractivity contribution in [3.63, 3.8) is 0 Å². The van der Waals surface area contributed by atoms with Gasteiger partial charge in [-0.05, 0) is 42.8 Å². The van der Waals surface area contributed by atoms with Crippen molar-refractivity contribution in [1.29, 1.82) is 0 Å². The number of hydrogen-bond donors (Lipinski definition) is 2. The van der Waals surface area contributed by atoms with Crippen LogP contribution in [0.5, 0.6) is 5.75 Å². The fraction of sp³-hybridized carbons (Fsp3) is 0.214. The van der Waals surface area contributed by atoms with Crippen LogP contribution in [0, 0.1) is 6.92 Å². The van der Waals surface area contributed by atoms with Crippen LogP contribution in [0.3, 0.4) is 0 Å². The molecule has 21 heavy (non-hydrogen) atoms. The molecule has 1 aromatic heterocycles. The van der Waals surface area contributed by atoms with E-state index in [1.165, 1.54) is 23.5 Å². The third-order valence-corrected chi connectivity index (χ3v) is 3.87. The summed E-state index contributed by atoms with van der Waals surface area (Å²) in [6, 6.07) is 7.76. The molecule has 0 spiro atoms. The summed E-state index contributed by atoms with van der Waals surface area (Å²) in [7, 11) is 0. The molecule has 1 aromatic carbocycles. The van der Waals surface area contributed by atoms with Crippen LogP contribution in [0.4, 0.5) is 14.5 Å². The zero-order chi connectivity index (χ0) is 15.4. The van der Waals surface area contributed by atoms with Crippen LogP contribution in [-0.2, 0) is 6.54 Å². The minimum Gasteiger partial charge on any atom is -0.477 e. The zero-order valence-electron chi connectivity index (χ0n) is 11.1. The van der Waals surface area contributed by atoms with Gasteiger partial charge in [0.1, 0.15) is 10.6 Å². The number of rotatable bonds is 6. The Labute approximate surface area is 124 Å². The summed E-state index contributed by atoms with van der Waals surface area (Å²) in [4.78, 5) is 12.1. The second-order valence-corrected chi connectivity index (χ2v) is 5.51. The Balaban J connectivity index is 1.98. The van der Waals surface area contributed by atoms with Gasteiger partial charge in [-0.1, -0.05) is 0 Å². The highest BCUT2D eigenvalue weighted by molar-refractivity contribution is 7.14. The maximum atomic E-state index is 12.0. The number of halogens is 2. The van der Waals surface area contributed by atoms with E-state index < -0.39 is 12.6 Å². The summed E-state index contributed by atoms with van der Waals surface area (Å²) in [5, 5.41) is 12.0. The van der Waals surface area contributed by atoms with Gasteiger partial charge in [0.25, 0.3) is 0 Å². The lowest BCUT2D eigenvalue weighted by molar-refractivity contribution is -0.0498. The molecule has 0 bridgehead atoms. The van der Waals surface area contributed by atoms with E-state index in [-0.39, 0.29) is 5.75 Å². The van der Waals surface area contributed by atoms with Crippen molar-refractivity contribution >= 4 is 23.0 Å². The molecule has 0 aliphatic carbocycles. The number of thiophene rings is 1. The van der Waals surface area contributed by atoms with E-state index in [1.807, 2.05) is 6.92 Å². The van der Waals surface area contributed by atoms with Crippen LogP contribution < -0.4 is 10.1 Å². The molecule has 0 saturated carbocycles. The Morgan fingerprint density at radius 3 is 2.57 bits per heavy atom. The smallest absolute Gasteiger partial charge is 0.387 e. The average molecular weight is 313 g/mol. The van der Waals surface area contributed by atoms with Crippen molar-refractivity contribution in [2.75, 3.05) is 5.32 Å². The van der Waals surface area contributed by atoms with Crippen LogP contribution >= 0.6 is 11.3 Å². The van der Waals surface area contributed by atoms with E-state index in [0.29, 0.717) is 11.4 Å². The fourth-order valence-corrected chi connectivity index (χ4v) is 2.63. The molecule has 1 heterocycles. The molecule has 112 valence electrons. The topological polar surface area (TPSA) is 58.6 Å². The number of aryl methyl sites for hydroxylation is 1. The molecule has 0 aliphatic rings. The van der Waals surface area contributed by atoms with Gasteiger partial charge in [-0.2, -0.15) is 8.78 Å². The molecule has 0 atom stereocenters. The molecule has 2 rings (SSSR count). The summed E-state index contributed by atoms with van der Waals surface area (Å²) < 4.78 is 28.3. The summed E-state index contributed by atoms with van der Waals surface area (Å²) in [5.74, 6) is -0.849. The number of anilines is 1. The lowest BCUT2D eigenvalue weighted by atomic mass is 10.2. The average Bonchev–Trinajstić information content (AvgIpc) is 2.79. The second kappa shape index (κ2) is 6.53. The van der Waals surface area contributed by atoms with Gasteiger partial charge in [0, 0.05) is 17.1 Å². The van der Waals surface area contributed by atoms with Crippen LogP contribution in [-0.4, -0.2) is 17.7 Å². The van der Waals surface area contributed by atoms with Gasteiger partial charge in [0.05, 0.1) is 0 Å². The quantitative estimate of drug-likeness (QED) is 0.847. The first-order valence-corrected chi connectivity index (χ1v) is 6.88. The number of carboxylic acids is 1. The highest BCUT2D eigenvalue weighted by Crippen LogP contribution is 2.23. The van der Waals surface area contributed by atoms with E-state index in [9.17, 15) is 13.6 Å². The van der Waals surface area contributed by atoms with Gasteiger partial charge < -0.3 is 15.2 Å². The third-order valence-electron chi connectivity index (χ3n) is 2.79. The number of hydrogen-bond acceptors (Lipinski definition) is 4. The monoisotopic (exact) mass is 313 g/mol. The van der Waals surface area contributed by atoms with Crippen LogP contribution in [0.15, 0.2) is 30.3 Å². The standard InChI is InChI=1S/C14H13F2NO3S/c1-8-9(6-12(21-8)13(18)19)7-17-10-2-4-11(5-3-10)20-14(15)16/h2-6,14,17H,7H2,1H3,(H,18,19). The molecular formula is C14H13F2NO3S. The largest absolute Gasteiger partial charge is 0.477 e. The van der Waals surface area contributed by atoms with E-state index in [2.05, 4.69) is 10.1 Å². The molecule has 7 heteroatoms. The minimum absolute atomic E-state index is 0.0930. The molecule has 0 amide bonds. The normalized spacial score (nSPS) is 10.7. The molecule has 2 N–H and O–H groups in total. The number of ether oxygens (including phenoxy) is 1. The van der Waals surface area contributed by atoms with E-state index >= 15 is 0 Å². The lowest BCUT2D eigenvalue weighted by Gasteiger charge is -2.08. The van der Waals surface area contributed by atoms with Gasteiger partial charge in [-0.25, -0.2) is 4.79 Å². The van der Waals surface area contributed by atoms with Gasteiger partial charge >= 0.3 is 12.6 Å². The molecule has 0 aliphatic heterocycles. The minimum atomic E-state index is -2.84. The summed E-state index contributed by atoms with van der Waals surface area (Å²) in [6.07, 6.45) is 0. The van der Waals surface area contributed by atoms with Crippen LogP contribution in [0.25, 0.3) is 0 Å². The Kier molecular flexibility index (Phi) is 4.74. The number of carbonyl (C=O) groups is 1. The number of benzene rings is 1. The number of alkyl halides is 2. The van der Waals surface area contributed by atoms with Crippen molar-refractivity contribution < 1.29 is 23.4 Å². The fourth-order valence-electron chi connectivity index (χ4n) is 1.75. The van der Waals surface area contributed by atoms with Crippen molar-refractivity contribution in [2.24, 2.45) is 0 Å². The molecule has 0 fully saturated rings. The van der Waals surface area contributed by atoms with Crippen molar-refractivity contribution in [3.8, 4) is 5.75 Å². The van der Waals surface area contributed by atoms with E-state index in [0.717, 1.165) is 16.1 Å². The Morgan fingerprint density at radius 2 is 2.05 bits per heavy atom. The molecule has 2 aromatic rings. The number of aromatic carboxylic acids is 1. The summed E-state index contributed by atoms with van der Waals surface area (Å²) in [6.45, 7) is -0.523. The second-order valence-electron chi connectivity index (χ2n) is 4.25. The first kappa shape index (κ1) is 15.2. The van der Waals surface area contributed by atoms with E-state index in [1.54, 1.807) is 18.2 Å². The first-order chi connectivity index (χ1) is 9.95. The van der Waals surface area contributed by atoms with Crippen molar-refractivity contribution in [2.45, 2.75) is 20.1 Å².